The van der Waals surface area contributed by atoms with Gasteiger partial charge in [0.05, 0.1) is 14.2 Å². The number of nitrogens with two attached hydrogens (primary N) is 1. The van der Waals surface area contributed by atoms with Gasteiger partial charge in [0, 0.05) is 6.04 Å². The molecule has 4 heteroatoms. The lowest BCUT2D eigenvalue weighted by Gasteiger charge is -2.38. The number of rotatable bonds is 5. The maximum Gasteiger partial charge on any atom is 0.161 e. The second-order valence-electron chi connectivity index (χ2n) is 6.76. The van der Waals surface area contributed by atoms with E-state index in [0.29, 0.717) is 11.3 Å². The zero-order valence-electron chi connectivity index (χ0n) is 13.6. The maximum atomic E-state index is 5.84. The predicted octanol–water partition coefficient (Wildman–Crippen LogP) is 3.42. The number of nitrogens with one attached hydrogen (secondary N) is 1. The average Bonchev–Trinajstić information content (AvgIpc) is 2.49. The number of benzene rings is 1. The third-order valence-corrected chi connectivity index (χ3v) is 4.80. The molecule has 0 amide bonds. The molecule has 1 aliphatic carbocycles. The summed E-state index contributed by atoms with van der Waals surface area (Å²) in [4.78, 5) is 0. The van der Waals surface area contributed by atoms with Crippen molar-refractivity contribution >= 4 is 0 Å². The fraction of sp³-hybridized carbons (Fsp3) is 0.647. The lowest BCUT2D eigenvalue weighted by Crippen LogP contribution is -2.36. The molecule has 118 valence electrons. The SMILES string of the molecule is COc1ccc(C(NN)C2CCC(C)(C)CC2)cc1OC. The summed E-state index contributed by atoms with van der Waals surface area (Å²) in [5.41, 5.74) is 4.64. The quantitative estimate of drug-likeness (QED) is 0.645. The Morgan fingerprint density at radius 2 is 1.76 bits per heavy atom. The first-order chi connectivity index (χ1) is 10.0. The second-order valence-corrected chi connectivity index (χ2v) is 6.76. The summed E-state index contributed by atoms with van der Waals surface area (Å²) in [6.45, 7) is 4.70. The Hall–Kier alpha value is -1.26. The highest BCUT2D eigenvalue weighted by molar-refractivity contribution is 5.44. The molecule has 2 rings (SSSR count). The fourth-order valence-electron chi connectivity index (χ4n) is 3.31. The molecule has 0 saturated heterocycles. The van der Waals surface area contributed by atoms with Crippen LogP contribution in [0.1, 0.15) is 51.1 Å². The van der Waals surface area contributed by atoms with Crippen LogP contribution in [0.15, 0.2) is 18.2 Å². The Morgan fingerprint density at radius 1 is 1.14 bits per heavy atom. The molecular weight excluding hydrogens is 264 g/mol. The molecule has 1 saturated carbocycles. The van der Waals surface area contributed by atoms with Gasteiger partial charge in [-0.1, -0.05) is 19.9 Å². The van der Waals surface area contributed by atoms with Crippen molar-refractivity contribution in [2.24, 2.45) is 17.2 Å². The summed E-state index contributed by atoms with van der Waals surface area (Å²) in [6, 6.07) is 6.22. The highest BCUT2D eigenvalue weighted by Crippen LogP contribution is 2.43. The standard InChI is InChI=1S/C17H28N2O2/c1-17(2)9-7-12(8-10-17)16(19-18)13-5-6-14(20-3)15(11-13)21-4/h5-6,11-12,16,19H,7-10,18H2,1-4H3. The number of hydrogen-bond donors (Lipinski definition) is 2. The molecule has 0 aliphatic heterocycles. The third-order valence-electron chi connectivity index (χ3n) is 4.80. The molecule has 0 bridgehead atoms. The smallest absolute Gasteiger partial charge is 0.161 e. The number of hydrogen-bond acceptors (Lipinski definition) is 4. The largest absolute Gasteiger partial charge is 0.493 e. The van der Waals surface area contributed by atoms with Gasteiger partial charge < -0.3 is 9.47 Å². The van der Waals surface area contributed by atoms with Crippen molar-refractivity contribution < 1.29 is 9.47 Å². The summed E-state index contributed by atoms with van der Waals surface area (Å²) in [6.07, 6.45) is 4.92. The van der Waals surface area contributed by atoms with Crippen molar-refractivity contribution in [3.05, 3.63) is 23.8 Å². The lowest BCUT2D eigenvalue weighted by molar-refractivity contribution is 0.161. The van der Waals surface area contributed by atoms with Crippen LogP contribution in [0.3, 0.4) is 0 Å². The molecule has 1 unspecified atom stereocenters. The summed E-state index contributed by atoms with van der Waals surface area (Å²) >= 11 is 0. The topological polar surface area (TPSA) is 56.5 Å². The molecule has 1 aromatic rings. The highest BCUT2D eigenvalue weighted by atomic mass is 16.5. The Bertz CT molecular complexity index is 464. The van der Waals surface area contributed by atoms with Gasteiger partial charge in [0.15, 0.2) is 11.5 Å². The van der Waals surface area contributed by atoms with Crippen molar-refractivity contribution in [3.63, 3.8) is 0 Å². The van der Waals surface area contributed by atoms with E-state index in [0.717, 1.165) is 11.5 Å². The van der Waals surface area contributed by atoms with Gasteiger partial charge in [0.1, 0.15) is 0 Å². The Morgan fingerprint density at radius 3 is 2.29 bits per heavy atom. The third kappa shape index (κ3) is 3.69. The monoisotopic (exact) mass is 292 g/mol. The van der Waals surface area contributed by atoms with Crippen LogP contribution in [0.25, 0.3) is 0 Å². The van der Waals surface area contributed by atoms with Crippen LogP contribution in [0, 0.1) is 11.3 Å². The van der Waals surface area contributed by atoms with Crippen molar-refractivity contribution in [3.8, 4) is 11.5 Å². The zero-order chi connectivity index (χ0) is 15.5. The molecule has 1 atom stereocenters. The summed E-state index contributed by atoms with van der Waals surface area (Å²) in [5, 5.41) is 0. The van der Waals surface area contributed by atoms with Crippen LogP contribution in [-0.4, -0.2) is 14.2 Å². The van der Waals surface area contributed by atoms with Gasteiger partial charge >= 0.3 is 0 Å². The molecule has 3 N–H and O–H groups in total. The number of hydrazine groups is 1. The van der Waals surface area contributed by atoms with E-state index in [9.17, 15) is 0 Å². The molecule has 1 aromatic carbocycles. The number of methoxy groups -OCH3 is 2. The van der Waals surface area contributed by atoms with E-state index in [1.54, 1.807) is 14.2 Å². The minimum absolute atomic E-state index is 0.168. The Kier molecular flexibility index (Phi) is 5.12. The minimum atomic E-state index is 0.168. The Labute approximate surface area is 128 Å². The van der Waals surface area contributed by atoms with Crippen molar-refractivity contribution in [1.29, 1.82) is 0 Å². The summed E-state index contributed by atoms with van der Waals surface area (Å²) in [5.74, 6) is 7.92. The van der Waals surface area contributed by atoms with Crippen LogP contribution in [0.5, 0.6) is 11.5 Å². The van der Waals surface area contributed by atoms with Crippen LogP contribution in [0.4, 0.5) is 0 Å². The fourth-order valence-corrected chi connectivity index (χ4v) is 3.31. The van der Waals surface area contributed by atoms with E-state index in [4.69, 9.17) is 15.3 Å². The van der Waals surface area contributed by atoms with Gasteiger partial charge in [-0.15, -0.1) is 0 Å². The first kappa shape index (κ1) is 16.1. The molecule has 1 fully saturated rings. The maximum absolute atomic E-state index is 5.84. The first-order valence-electron chi connectivity index (χ1n) is 7.69. The van der Waals surface area contributed by atoms with Crippen LogP contribution in [0.2, 0.25) is 0 Å². The molecule has 0 spiro atoms. The molecule has 0 heterocycles. The van der Waals surface area contributed by atoms with E-state index in [-0.39, 0.29) is 6.04 Å². The van der Waals surface area contributed by atoms with Gasteiger partial charge in [0.25, 0.3) is 0 Å². The molecule has 0 radical (unpaired) electrons. The normalized spacial score (nSPS) is 20.0. The molecule has 1 aliphatic rings. The summed E-state index contributed by atoms with van der Waals surface area (Å²) < 4.78 is 10.7. The highest BCUT2D eigenvalue weighted by Gasteiger charge is 2.31. The first-order valence-corrected chi connectivity index (χ1v) is 7.69. The van der Waals surface area contributed by atoms with Gasteiger partial charge in [-0.3, -0.25) is 11.3 Å². The van der Waals surface area contributed by atoms with Crippen molar-refractivity contribution in [2.75, 3.05) is 14.2 Å². The van der Waals surface area contributed by atoms with Gasteiger partial charge in [0.2, 0.25) is 0 Å². The molecular formula is C17H28N2O2. The lowest BCUT2D eigenvalue weighted by atomic mass is 9.70. The molecule has 21 heavy (non-hydrogen) atoms. The van der Waals surface area contributed by atoms with Crippen molar-refractivity contribution in [1.82, 2.24) is 5.43 Å². The number of ether oxygens (including phenoxy) is 2. The van der Waals surface area contributed by atoms with Crippen LogP contribution in [-0.2, 0) is 0 Å². The van der Waals surface area contributed by atoms with Crippen LogP contribution >= 0.6 is 0 Å². The van der Waals surface area contributed by atoms with E-state index in [1.165, 1.54) is 31.2 Å². The van der Waals surface area contributed by atoms with E-state index >= 15 is 0 Å². The van der Waals surface area contributed by atoms with Crippen LogP contribution < -0.4 is 20.7 Å². The van der Waals surface area contributed by atoms with Crippen molar-refractivity contribution in [2.45, 2.75) is 45.6 Å². The average molecular weight is 292 g/mol. The van der Waals surface area contributed by atoms with E-state index < -0.39 is 0 Å². The second kappa shape index (κ2) is 6.67. The zero-order valence-corrected chi connectivity index (χ0v) is 13.6. The Balaban J connectivity index is 2.18. The van der Waals surface area contributed by atoms with Gasteiger partial charge in [-0.05, 0) is 54.7 Å². The van der Waals surface area contributed by atoms with E-state index in [1.807, 2.05) is 12.1 Å². The predicted molar refractivity (Wildman–Crippen MR) is 85.3 cm³/mol. The minimum Gasteiger partial charge on any atom is -0.493 e. The molecule has 4 nitrogen and oxygen atoms in total. The van der Waals surface area contributed by atoms with Gasteiger partial charge in [-0.2, -0.15) is 0 Å². The summed E-state index contributed by atoms with van der Waals surface area (Å²) in [7, 11) is 3.31. The van der Waals surface area contributed by atoms with E-state index in [2.05, 4.69) is 25.3 Å². The van der Waals surface area contributed by atoms with Gasteiger partial charge in [-0.25, -0.2) is 0 Å². The molecule has 0 aromatic heterocycles.